The van der Waals surface area contributed by atoms with E-state index in [1.165, 1.54) is 0 Å². The molecular formula is C12H13ClN6O. The number of hydrogen-bond donors (Lipinski definition) is 1. The molecule has 20 heavy (non-hydrogen) atoms. The lowest BCUT2D eigenvalue weighted by Crippen LogP contribution is -2.01. The second kappa shape index (κ2) is 4.75. The normalized spacial score (nSPS) is 11.6. The van der Waals surface area contributed by atoms with Crippen molar-refractivity contribution in [1.82, 2.24) is 24.7 Å². The molecule has 0 radical (unpaired) electrons. The Morgan fingerprint density at radius 3 is 2.90 bits per heavy atom. The minimum Gasteiger partial charge on any atom is -0.368 e. The molecule has 3 heterocycles. The molecule has 0 aromatic carbocycles. The number of hydrogen-bond acceptors (Lipinski definition) is 6. The molecule has 7 nitrogen and oxygen atoms in total. The fourth-order valence-corrected chi connectivity index (χ4v) is 2.10. The number of nitrogens with zero attached hydrogens (tertiary/aromatic N) is 5. The minimum atomic E-state index is 0.115. The van der Waals surface area contributed by atoms with Crippen molar-refractivity contribution < 1.29 is 4.52 Å². The fraction of sp³-hybridized carbons (Fsp3) is 0.333. The summed E-state index contributed by atoms with van der Waals surface area (Å²) in [5.74, 6) is 1.16. The van der Waals surface area contributed by atoms with Gasteiger partial charge in [-0.15, -0.1) is 0 Å². The van der Waals surface area contributed by atoms with Gasteiger partial charge in [0.05, 0.1) is 18.6 Å². The molecule has 8 heteroatoms. The van der Waals surface area contributed by atoms with Crippen molar-refractivity contribution in [2.75, 3.05) is 5.73 Å². The van der Waals surface area contributed by atoms with E-state index >= 15 is 0 Å². The van der Waals surface area contributed by atoms with E-state index in [9.17, 15) is 0 Å². The van der Waals surface area contributed by atoms with Crippen LogP contribution in [0.2, 0.25) is 5.15 Å². The number of nitrogens with two attached hydrogens (primary N) is 1. The van der Waals surface area contributed by atoms with Crippen LogP contribution < -0.4 is 5.73 Å². The molecule has 0 aliphatic carbocycles. The smallest absolute Gasteiger partial charge is 0.223 e. The first-order valence-corrected chi connectivity index (χ1v) is 6.51. The largest absolute Gasteiger partial charge is 0.368 e. The second-order valence-corrected chi connectivity index (χ2v) is 5.15. The number of fused-ring (bicyclic) bond motifs is 1. The average molecular weight is 293 g/mol. The third-order valence-corrected chi connectivity index (χ3v) is 3.20. The Bertz CT molecular complexity index is 762. The number of aromatic nitrogens is 5. The second-order valence-electron chi connectivity index (χ2n) is 4.79. The third kappa shape index (κ3) is 2.20. The van der Waals surface area contributed by atoms with Crippen molar-refractivity contribution in [3.8, 4) is 0 Å². The first-order chi connectivity index (χ1) is 9.54. The molecular weight excluding hydrogens is 280 g/mol. The number of imidazole rings is 1. The van der Waals surface area contributed by atoms with E-state index in [-0.39, 0.29) is 11.1 Å². The lowest BCUT2D eigenvalue weighted by atomic mass is 10.1. The summed E-state index contributed by atoms with van der Waals surface area (Å²) >= 11 is 5.98. The number of rotatable bonds is 3. The quantitative estimate of drug-likeness (QED) is 0.744. The summed E-state index contributed by atoms with van der Waals surface area (Å²) in [6.07, 6.45) is 1.63. The molecule has 3 aromatic heterocycles. The molecule has 0 spiro atoms. The zero-order chi connectivity index (χ0) is 14.3. The van der Waals surface area contributed by atoms with Gasteiger partial charge in [0.25, 0.3) is 0 Å². The molecule has 2 N–H and O–H groups in total. The van der Waals surface area contributed by atoms with Gasteiger partial charge in [0.2, 0.25) is 5.95 Å². The van der Waals surface area contributed by atoms with Gasteiger partial charge < -0.3 is 14.8 Å². The summed E-state index contributed by atoms with van der Waals surface area (Å²) < 4.78 is 7.10. The van der Waals surface area contributed by atoms with Crippen molar-refractivity contribution in [1.29, 1.82) is 0 Å². The van der Waals surface area contributed by atoms with Crippen LogP contribution in [0.4, 0.5) is 5.95 Å². The van der Waals surface area contributed by atoms with Gasteiger partial charge in [-0.2, -0.15) is 9.97 Å². The van der Waals surface area contributed by atoms with Crippen molar-refractivity contribution in [2.45, 2.75) is 26.3 Å². The van der Waals surface area contributed by atoms with Gasteiger partial charge in [-0.3, -0.25) is 0 Å². The van der Waals surface area contributed by atoms with Gasteiger partial charge in [-0.05, 0) is 5.92 Å². The van der Waals surface area contributed by atoms with E-state index in [4.69, 9.17) is 21.9 Å². The molecule has 3 rings (SSSR count). The van der Waals surface area contributed by atoms with Crippen LogP contribution in [0.1, 0.15) is 31.2 Å². The summed E-state index contributed by atoms with van der Waals surface area (Å²) in [6.45, 7) is 4.58. The molecule has 3 aromatic rings. The molecule has 0 atom stereocenters. The SMILES string of the molecule is CC(C)c1cc(Cn2cnc3c(Cl)nc(N)nc32)on1. The van der Waals surface area contributed by atoms with Gasteiger partial charge in [-0.25, -0.2) is 4.98 Å². The zero-order valence-electron chi connectivity index (χ0n) is 11.0. The standard InChI is InChI=1S/C12H13ClN6O/c1-6(2)8-3-7(20-18-8)4-19-5-15-9-10(13)16-12(14)17-11(9)19/h3,5-6H,4H2,1-2H3,(H2,14,16,17). The van der Waals surface area contributed by atoms with Crippen LogP contribution in [-0.4, -0.2) is 24.7 Å². The first-order valence-electron chi connectivity index (χ1n) is 6.14. The summed E-state index contributed by atoms with van der Waals surface area (Å²) in [5, 5.41) is 4.26. The first kappa shape index (κ1) is 12.9. The minimum absolute atomic E-state index is 0.115. The highest BCUT2D eigenvalue weighted by molar-refractivity contribution is 6.33. The van der Waals surface area contributed by atoms with Gasteiger partial charge in [0.15, 0.2) is 16.6 Å². The van der Waals surface area contributed by atoms with Crippen LogP contribution >= 0.6 is 11.6 Å². The van der Waals surface area contributed by atoms with Gasteiger partial charge >= 0.3 is 0 Å². The number of nitrogen functional groups attached to an aromatic ring is 1. The molecule has 0 amide bonds. The van der Waals surface area contributed by atoms with Crippen LogP contribution in [0.3, 0.4) is 0 Å². The number of anilines is 1. The predicted molar refractivity (Wildman–Crippen MR) is 74.4 cm³/mol. The maximum atomic E-state index is 5.98. The lowest BCUT2D eigenvalue weighted by molar-refractivity contribution is 0.369. The highest BCUT2D eigenvalue weighted by Gasteiger charge is 2.13. The Kier molecular flexibility index (Phi) is 3.06. The van der Waals surface area contributed by atoms with Crippen LogP contribution in [0.15, 0.2) is 16.9 Å². The van der Waals surface area contributed by atoms with E-state index in [0.29, 0.717) is 23.6 Å². The van der Waals surface area contributed by atoms with Gasteiger partial charge in [0, 0.05) is 6.07 Å². The molecule has 0 aliphatic rings. The molecule has 0 unspecified atom stereocenters. The van der Waals surface area contributed by atoms with Gasteiger partial charge in [-0.1, -0.05) is 30.6 Å². The summed E-state index contributed by atoms with van der Waals surface area (Å²) in [7, 11) is 0. The van der Waals surface area contributed by atoms with E-state index in [1.54, 1.807) is 10.9 Å². The van der Waals surface area contributed by atoms with Gasteiger partial charge in [0.1, 0.15) is 5.52 Å². The average Bonchev–Trinajstić information content (AvgIpc) is 2.98. The molecule has 0 bridgehead atoms. The summed E-state index contributed by atoms with van der Waals surface area (Å²) in [5.41, 5.74) is 7.61. The highest BCUT2D eigenvalue weighted by Crippen LogP contribution is 2.21. The molecule has 0 saturated carbocycles. The van der Waals surface area contributed by atoms with Crippen LogP contribution in [0, 0.1) is 0 Å². The van der Waals surface area contributed by atoms with E-state index in [2.05, 4.69) is 34.0 Å². The lowest BCUT2D eigenvalue weighted by Gasteiger charge is -2.01. The zero-order valence-corrected chi connectivity index (χ0v) is 11.8. The maximum Gasteiger partial charge on any atom is 0.223 e. The summed E-state index contributed by atoms with van der Waals surface area (Å²) in [6, 6.07) is 1.92. The van der Waals surface area contributed by atoms with Crippen LogP contribution in [-0.2, 0) is 6.54 Å². The molecule has 104 valence electrons. The Morgan fingerprint density at radius 2 is 2.20 bits per heavy atom. The van der Waals surface area contributed by atoms with Crippen molar-refractivity contribution in [3.05, 3.63) is 29.0 Å². The van der Waals surface area contributed by atoms with Crippen LogP contribution in [0.25, 0.3) is 11.2 Å². The third-order valence-electron chi connectivity index (χ3n) is 2.93. The fourth-order valence-electron chi connectivity index (χ4n) is 1.88. The molecule has 0 aliphatic heterocycles. The predicted octanol–water partition coefficient (Wildman–Crippen LogP) is 2.22. The molecule has 0 fully saturated rings. The summed E-state index contributed by atoms with van der Waals surface area (Å²) in [4.78, 5) is 12.2. The highest BCUT2D eigenvalue weighted by atomic mass is 35.5. The Labute approximate surface area is 119 Å². The topological polar surface area (TPSA) is 95.7 Å². The monoisotopic (exact) mass is 292 g/mol. The van der Waals surface area contributed by atoms with E-state index in [1.807, 2.05) is 6.07 Å². The Hall–Kier alpha value is -2.15. The van der Waals surface area contributed by atoms with E-state index < -0.39 is 0 Å². The van der Waals surface area contributed by atoms with Crippen molar-refractivity contribution in [3.63, 3.8) is 0 Å². The molecule has 0 saturated heterocycles. The maximum absolute atomic E-state index is 5.98. The van der Waals surface area contributed by atoms with Crippen molar-refractivity contribution in [2.24, 2.45) is 0 Å². The Morgan fingerprint density at radius 1 is 1.40 bits per heavy atom. The Balaban J connectivity index is 1.98. The van der Waals surface area contributed by atoms with Crippen molar-refractivity contribution >= 4 is 28.7 Å². The number of halogens is 1. The van der Waals surface area contributed by atoms with Crippen LogP contribution in [0.5, 0.6) is 0 Å². The van der Waals surface area contributed by atoms with E-state index in [0.717, 1.165) is 11.5 Å².